The largest absolute Gasteiger partial charge is 0.504 e. The van der Waals surface area contributed by atoms with Crippen LogP contribution in [0.3, 0.4) is 0 Å². The van der Waals surface area contributed by atoms with E-state index in [0.29, 0.717) is 5.56 Å². The van der Waals surface area contributed by atoms with Crippen LogP contribution in [0.2, 0.25) is 0 Å². The first-order chi connectivity index (χ1) is 9.17. The molecule has 8 nitrogen and oxygen atoms in total. The summed E-state index contributed by atoms with van der Waals surface area (Å²) >= 11 is 0. The summed E-state index contributed by atoms with van der Waals surface area (Å²) in [5.74, 6) is -1.99. The van der Waals surface area contributed by atoms with Crippen LogP contribution in [-0.4, -0.2) is 40.4 Å². The molecule has 0 saturated heterocycles. The van der Waals surface area contributed by atoms with E-state index >= 15 is 0 Å². The fraction of sp³-hybridized carbons (Fsp3) is 0.364. The van der Waals surface area contributed by atoms with Crippen LogP contribution >= 0.6 is 0 Å². The maximum absolute atomic E-state index is 10.5. The Morgan fingerprint density at radius 3 is 2.50 bits per heavy atom. The summed E-state index contributed by atoms with van der Waals surface area (Å²) in [6, 6.07) is 3.65. The van der Waals surface area contributed by atoms with E-state index in [1.54, 1.807) is 0 Å². The van der Waals surface area contributed by atoms with Crippen LogP contribution in [0, 0.1) is 0 Å². The third-order valence-corrected chi connectivity index (χ3v) is 2.77. The van der Waals surface area contributed by atoms with Gasteiger partial charge in [-0.25, -0.2) is 0 Å². The molecule has 0 aliphatic carbocycles. The molecule has 1 rings (SSSR count). The van der Waals surface area contributed by atoms with E-state index in [-0.39, 0.29) is 19.3 Å². The van der Waals surface area contributed by atoms with Gasteiger partial charge in [0.15, 0.2) is 11.5 Å². The Morgan fingerprint density at radius 1 is 1.35 bits per heavy atom. The first kappa shape index (κ1) is 16.2. The number of rotatable bonds is 7. The Bertz CT molecular complexity index is 580. The van der Waals surface area contributed by atoms with Crippen molar-refractivity contribution in [1.29, 1.82) is 0 Å². The second-order valence-electron chi connectivity index (χ2n) is 4.10. The molecule has 1 aromatic carbocycles. The molecule has 0 fully saturated rings. The number of aliphatic hydroxyl groups excluding tert-OH is 1. The lowest BCUT2D eigenvalue weighted by Gasteiger charge is -2.10. The monoisotopic (exact) mass is 306 g/mol. The van der Waals surface area contributed by atoms with Crippen LogP contribution in [-0.2, 0) is 21.6 Å². The van der Waals surface area contributed by atoms with E-state index in [0.717, 1.165) is 12.1 Å². The number of aliphatic hydroxyl groups is 1. The van der Waals surface area contributed by atoms with Crippen LogP contribution in [0.5, 0.6) is 11.5 Å². The highest BCUT2D eigenvalue weighted by Crippen LogP contribution is 2.28. The number of hydrogen-bond acceptors (Lipinski definition) is 6. The third kappa shape index (κ3) is 5.87. The molecule has 0 aromatic heterocycles. The second-order valence-corrected chi connectivity index (χ2v) is 5.13. The van der Waals surface area contributed by atoms with Crippen molar-refractivity contribution in [3.8, 4) is 11.5 Å². The molecule has 0 aliphatic rings. The predicted molar refractivity (Wildman–Crippen MR) is 66.9 cm³/mol. The maximum Gasteiger partial charge on any atom is 0.446 e. The Labute approximate surface area is 115 Å². The molecule has 0 bridgehead atoms. The van der Waals surface area contributed by atoms with E-state index in [2.05, 4.69) is 4.18 Å². The van der Waals surface area contributed by atoms with Crippen molar-refractivity contribution in [2.45, 2.75) is 25.4 Å². The number of hydrogen-bond donors (Lipinski definition) is 4. The standard InChI is InChI=1S/C11H14O8S/c12-8(2-4-11(14)15)5-7-1-3-10(9(13)6-7)19-20(16,17)18/h1,3,6,8,12-13H,2,4-5H2,(H,14,15)(H,16,17,18). The van der Waals surface area contributed by atoms with Crippen molar-refractivity contribution in [2.75, 3.05) is 0 Å². The molecule has 112 valence electrons. The van der Waals surface area contributed by atoms with Gasteiger partial charge in [0.25, 0.3) is 0 Å². The van der Waals surface area contributed by atoms with Crippen molar-refractivity contribution in [3.63, 3.8) is 0 Å². The second kappa shape index (κ2) is 6.55. The lowest BCUT2D eigenvalue weighted by Crippen LogP contribution is -2.12. The molecule has 9 heteroatoms. The minimum atomic E-state index is -4.73. The summed E-state index contributed by atoms with van der Waals surface area (Å²) in [6.07, 6.45) is -0.942. The minimum Gasteiger partial charge on any atom is -0.504 e. The average Bonchev–Trinajstić information content (AvgIpc) is 2.28. The molecule has 0 amide bonds. The van der Waals surface area contributed by atoms with E-state index in [1.807, 2.05) is 0 Å². The van der Waals surface area contributed by atoms with E-state index < -0.39 is 34.0 Å². The van der Waals surface area contributed by atoms with Gasteiger partial charge in [-0.05, 0) is 30.5 Å². The van der Waals surface area contributed by atoms with Gasteiger partial charge in [-0.15, -0.1) is 0 Å². The molecule has 0 heterocycles. The van der Waals surface area contributed by atoms with Gasteiger partial charge in [-0.1, -0.05) is 6.07 Å². The summed E-state index contributed by atoms with van der Waals surface area (Å²) in [7, 11) is -4.73. The number of phenolic OH excluding ortho intramolecular Hbond substituents is 1. The van der Waals surface area contributed by atoms with E-state index in [9.17, 15) is 23.4 Å². The molecule has 0 aliphatic heterocycles. The highest BCUT2D eigenvalue weighted by Gasteiger charge is 2.14. The number of carbonyl (C=O) groups is 1. The Balaban J connectivity index is 2.70. The maximum atomic E-state index is 10.5. The zero-order valence-corrected chi connectivity index (χ0v) is 11.1. The summed E-state index contributed by atoms with van der Waals surface area (Å²) in [5, 5.41) is 27.6. The Kier molecular flexibility index (Phi) is 5.31. The molecular weight excluding hydrogens is 292 g/mol. The van der Waals surface area contributed by atoms with Crippen LogP contribution in [0.1, 0.15) is 18.4 Å². The van der Waals surface area contributed by atoms with E-state index in [4.69, 9.17) is 9.66 Å². The van der Waals surface area contributed by atoms with Gasteiger partial charge >= 0.3 is 16.4 Å². The summed E-state index contributed by atoms with van der Waals surface area (Å²) in [4.78, 5) is 10.3. The lowest BCUT2D eigenvalue weighted by atomic mass is 10.0. The van der Waals surface area contributed by atoms with Gasteiger partial charge in [0.1, 0.15) is 0 Å². The molecular formula is C11H14O8S. The molecule has 1 aromatic rings. The lowest BCUT2D eigenvalue weighted by molar-refractivity contribution is -0.137. The van der Waals surface area contributed by atoms with Gasteiger partial charge in [0, 0.05) is 6.42 Å². The summed E-state index contributed by atoms with van der Waals surface area (Å²) < 4.78 is 33.6. The molecule has 0 spiro atoms. The highest BCUT2D eigenvalue weighted by molar-refractivity contribution is 7.81. The Hall–Kier alpha value is -1.84. The first-order valence-electron chi connectivity index (χ1n) is 5.56. The van der Waals surface area contributed by atoms with Gasteiger partial charge in [-0.2, -0.15) is 8.42 Å². The van der Waals surface area contributed by atoms with Crippen molar-refractivity contribution in [1.82, 2.24) is 0 Å². The number of benzene rings is 1. The molecule has 0 saturated carbocycles. The van der Waals surface area contributed by atoms with Crippen molar-refractivity contribution < 1.29 is 37.3 Å². The van der Waals surface area contributed by atoms with Crippen molar-refractivity contribution in [2.24, 2.45) is 0 Å². The summed E-state index contributed by atoms with van der Waals surface area (Å²) in [5.41, 5.74) is 0.461. The van der Waals surface area contributed by atoms with Crippen LogP contribution in [0.4, 0.5) is 0 Å². The number of carboxylic acid groups (broad SMARTS) is 1. The van der Waals surface area contributed by atoms with Gasteiger partial charge in [-0.3, -0.25) is 9.35 Å². The van der Waals surface area contributed by atoms with Gasteiger partial charge in [0.05, 0.1) is 6.10 Å². The topological polar surface area (TPSA) is 141 Å². The first-order valence-corrected chi connectivity index (χ1v) is 6.92. The molecule has 4 N–H and O–H groups in total. The molecule has 1 atom stereocenters. The number of carboxylic acids is 1. The molecule has 0 radical (unpaired) electrons. The third-order valence-electron chi connectivity index (χ3n) is 2.38. The van der Waals surface area contributed by atoms with E-state index in [1.165, 1.54) is 6.07 Å². The highest BCUT2D eigenvalue weighted by atomic mass is 32.3. The van der Waals surface area contributed by atoms with Gasteiger partial charge in [0.2, 0.25) is 0 Å². The molecule has 1 unspecified atom stereocenters. The summed E-state index contributed by atoms with van der Waals surface area (Å²) in [6.45, 7) is 0. The Morgan fingerprint density at radius 2 is 2.00 bits per heavy atom. The SMILES string of the molecule is O=C(O)CCC(O)Cc1ccc(OS(=O)(=O)O)c(O)c1. The molecule has 20 heavy (non-hydrogen) atoms. The van der Waals surface area contributed by atoms with Crippen molar-refractivity contribution >= 4 is 16.4 Å². The van der Waals surface area contributed by atoms with Crippen LogP contribution in [0.25, 0.3) is 0 Å². The number of aromatic hydroxyl groups is 1. The van der Waals surface area contributed by atoms with Crippen LogP contribution in [0.15, 0.2) is 18.2 Å². The fourth-order valence-corrected chi connectivity index (χ4v) is 1.91. The average molecular weight is 306 g/mol. The normalized spacial score (nSPS) is 12.9. The zero-order valence-electron chi connectivity index (χ0n) is 10.3. The number of aliphatic carboxylic acids is 1. The zero-order chi connectivity index (χ0) is 15.3. The number of phenols is 1. The fourth-order valence-electron chi connectivity index (χ4n) is 1.54. The van der Waals surface area contributed by atoms with Gasteiger partial charge < -0.3 is 19.5 Å². The van der Waals surface area contributed by atoms with Crippen molar-refractivity contribution in [3.05, 3.63) is 23.8 Å². The quantitative estimate of drug-likeness (QED) is 0.528. The van der Waals surface area contributed by atoms with Crippen LogP contribution < -0.4 is 4.18 Å². The smallest absolute Gasteiger partial charge is 0.446 e. The predicted octanol–water partition coefficient (Wildman–Crippen LogP) is 0.342. The minimum absolute atomic E-state index is 0.0549.